The lowest BCUT2D eigenvalue weighted by Crippen LogP contribution is -2.49. The molecule has 2 rings (SSSR count). The zero-order valence-electron chi connectivity index (χ0n) is 15.6. The van der Waals surface area contributed by atoms with Gasteiger partial charge >= 0.3 is 0 Å². The number of likely N-dealkylation sites (tertiary alicyclic amines) is 1. The van der Waals surface area contributed by atoms with Crippen LogP contribution >= 0.6 is 0 Å². The Morgan fingerprint density at radius 3 is 2.61 bits per heavy atom. The molecule has 23 heavy (non-hydrogen) atoms. The minimum absolute atomic E-state index is 0.509. The maximum absolute atomic E-state index is 5.50. The molecule has 0 aromatic rings. The number of aliphatic imine (C=N–C) groups is 1. The van der Waals surface area contributed by atoms with Gasteiger partial charge in [-0.3, -0.25) is 9.89 Å². The molecular formula is C18H36N4O. The maximum Gasteiger partial charge on any atom is 0.193 e. The van der Waals surface area contributed by atoms with Gasteiger partial charge in [0.15, 0.2) is 5.96 Å². The first-order chi connectivity index (χ1) is 11.1. The van der Waals surface area contributed by atoms with E-state index >= 15 is 0 Å². The number of guanidine groups is 1. The van der Waals surface area contributed by atoms with Gasteiger partial charge in [-0.05, 0) is 31.6 Å². The Labute approximate surface area is 142 Å². The van der Waals surface area contributed by atoms with E-state index in [4.69, 9.17) is 9.73 Å². The first-order valence-electron chi connectivity index (χ1n) is 9.46. The van der Waals surface area contributed by atoms with Gasteiger partial charge in [-0.15, -0.1) is 0 Å². The van der Waals surface area contributed by atoms with Gasteiger partial charge in [-0.25, -0.2) is 0 Å². The molecule has 5 nitrogen and oxygen atoms in total. The topological polar surface area (TPSA) is 40.1 Å². The third-order valence-electron chi connectivity index (χ3n) is 5.00. The fraction of sp³-hybridized carbons (Fsp3) is 0.944. The molecule has 0 aliphatic carbocycles. The second kappa shape index (κ2) is 9.48. The summed E-state index contributed by atoms with van der Waals surface area (Å²) in [4.78, 5) is 10.0. The fourth-order valence-corrected chi connectivity index (χ4v) is 3.64. The predicted octanol–water partition coefficient (Wildman–Crippen LogP) is 2.04. The fourth-order valence-electron chi connectivity index (χ4n) is 3.64. The standard InChI is InChI=1S/C18H36N4O/c1-5-19-18(22-8-6-7-16(4)14-22)20-13-17(15(2)3)21-9-11-23-12-10-21/h15-17H,5-14H2,1-4H3,(H,19,20). The normalized spacial score (nSPS) is 25.7. The van der Waals surface area contributed by atoms with E-state index in [1.54, 1.807) is 0 Å². The van der Waals surface area contributed by atoms with Crippen LogP contribution in [0.5, 0.6) is 0 Å². The lowest BCUT2D eigenvalue weighted by molar-refractivity contribution is 0.00861. The molecule has 0 aromatic heterocycles. The molecule has 0 aromatic carbocycles. The summed E-state index contributed by atoms with van der Waals surface area (Å²) in [5, 5.41) is 3.50. The summed E-state index contributed by atoms with van der Waals surface area (Å²) in [5.74, 6) is 2.49. The highest BCUT2D eigenvalue weighted by molar-refractivity contribution is 5.80. The molecule has 134 valence electrons. The Kier molecular flexibility index (Phi) is 7.63. The number of hydrogen-bond donors (Lipinski definition) is 1. The second-order valence-corrected chi connectivity index (χ2v) is 7.35. The van der Waals surface area contributed by atoms with E-state index < -0.39 is 0 Å². The highest BCUT2D eigenvalue weighted by Crippen LogP contribution is 2.17. The van der Waals surface area contributed by atoms with Crippen LogP contribution in [0.15, 0.2) is 4.99 Å². The number of piperidine rings is 1. The van der Waals surface area contributed by atoms with Crippen molar-refractivity contribution in [2.75, 3.05) is 52.5 Å². The molecule has 0 amide bonds. The molecule has 2 aliphatic rings. The van der Waals surface area contributed by atoms with Crippen LogP contribution in [0.4, 0.5) is 0 Å². The molecule has 0 spiro atoms. The summed E-state index contributed by atoms with van der Waals surface area (Å²) in [5.41, 5.74) is 0. The van der Waals surface area contributed by atoms with Crippen LogP contribution in [0.3, 0.4) is 0 Å². The molecule has 2 unspecified atom stereocenters. The Balaban J connectivity index is 2.01. The van der Waals surface area contributed by atoms with Crippen molar-refractivity contribution in [2.24, 2.45) is 16.8 Å². The van der Waals surface area contributed by atoms with Gasteiger partial charge in [0.25, 0.3) is 0 Å². The van der Waals surface area contributed by atoms with E-state index in [2.05, 4.69) is 42.8 Å². The monoisotopic (exact) mass is 324 g/mol. The highest BCUT2D eigenvalue weighted by Gasteiger charge is 2.25. The molecule has 2 heterocycles. The lowest BCUT2D eigenvalue weighted by Gasteiger charge is -2.37. The highest BCUT2D eigenvalue weighted by atomic mass is 16.5. The van der Waals surface area contributed by atoms with Crippen LogP contribution in [0.1, 0.15) is 40.5 Å². The number of rotatable bonds is 5. The van der Waals surface area contributed by atoms with Gasteiger partial charge in [0, 0.05) is 38.8 Å². The molecule has 2 atom stereocenters. The van der Waals surface area contributed by atoms with Crippen molar-refractivity contribution in [3.63, 3.8) is 0 Å². The molecule has 2 aliphatic heterocycles. The average Bonchev–Trinajstić information content (AvgIpc) is 2.55. The molecule has 2 fully saturated rings. The minimum Gasteiger partial charge on any atom is -0.379 e. The van der Waals surface area contributed by atoms with Crippen molar-refractivity contribution in [1.29, 1.82) is 0 Å². The first kappa shape index (κ1) is 18.5. The Bertz CT molecular complexity index is 366. The SMILES string of the molecule is CCNC(=NCC(C(C)C)N1CCOCC1)N1CCCC(C)C1. The number of morpholine rings is 1. The van der Waals surface area contributed by atoms with Crippen molar-refractivity contribution in [3.05, 3.63) is 0 Å². The van der Waals surface area contributed by atoms with Gasteiger partial charge in [0.2, 0.25) is 0 Å². The lowest BCUT2D eigenvalue weighted by atomic mass is 10.0. The van der Waals surface area contributed by atoms with Gasteiger partial charge < -0.3 is 15.0 Å². The quantitative estimate of drug-likeness (QED) is 0.621. The smallest absolute Gasteiger partial charge is 0.193 e. The van der Waals surface area contributed by atoms with Gasteiger partial charge in [-0.2, -0.15) is 0 Å². The largest absolute Gasteiger partial charge is 0.379 e. The van der Waals surface area contributed by atoms with E-state index in [0.29, 0.717) is 12.0 Å². The van der Waals surface area contributed by atoms with Crippen molar-refractivity contribution >= 4 is 5.96 Å². The Morgan fingerprint density at radius 1 is 1.26 bits per heavy atom. The number of nitrogens with one attached hydrogen (secondary N) is 1. The zero-order valence-corrected chi connectivity index (χ0v) is 15.6. The summed E-state index contributed by atoms with van der Waals surface area (Å²) >= 11 is 0. The van der Waals surface area contributed by atoms with E-state index in [-0.39, 0.29) is 0 Å². The van der Waals surface area contributed by atoms with Gasteiger partial charge in [-0.1, -0.05) is 20.8 Å². The number of hydrogen-bond acceptors (Lipinski definition) is 3. The summed E-state index contributed by atoms with van der Waals surface area (Å²) in [6, 6.07) is 0.509. The van der Waals surface area contributed by atoms with Crippen LogP contribution in [0, 0.1) is 11.8 Å². The third kappa shape index (κ3) is 5.64. The number of ether oxygens (including phenoxy) is 1. The van der Waals surface area contributed by atoms with E-state index in [1.165, 1.54) is 12.8 Å². The van der Waals surface area contributed by atoms with Crippen molar-refractivity contribution in [1.82, 2.24) is 15.1 Å². The van der Waals surface area contributed by atoms with Gasteiger partial charge in [0.05, 0.1) is 19.8 Å². The van der Waals surface area contributed by atoms with Crippen LogP contribution < -0.4 is 5.32 Å². The molecule has 0 bridgehead atoms. The van der Waals surface area contributed by atoms with Crippen LogP contribution in [0.25, 0.3) is 0 Å². The molecule has 0 radical (unpaired) electrons. The average molecular weight is 325 g/mol. The maximum atomic E-state index is 5.50. The summed E-state index contributed by atoms with van der Waals surface area (Å²) < 4.78 is 5.50. The third-order valence-corrected chi connectivity index (χ3v) is 5.00. The van der Waals surface area contributed by atoms with E-state index in [1.807, 2.05) is 0 Å². The molecule has 0 saturated carbocycles. The summed E-state index contributed by atoms with van der Waals surface area (Å²) in [7, 11) is 0. The molecular weight excluding hydrogens is 288 g/mol. The molecule has 1 N–H and O–H groups in total. The van der Waals surface area contributed by atoms with Crippen molar-refractivity contribution in [2.45, 2.75) is 46.6 Å². The second-order valence-electron chi connectivity index (χ2n) is 7.35. The van der Waals surface area contributed by atoms with Crippen molar-refractivity contribution in [3.8, 4) is 0 Å². The Morgan fingerprint density at radius 2 is 2.00 bits per heavy atom. The number of nitrogens with zero attached hydrogens (tertiary/aromatic N) is 3. The predicted molar refractivity (Wildman–Crippen MR) is 97.0 cm³/mol. The van der Waals surface area contributed by atoms with E-state index in [0.717, 1.165) is 64.4 Å². The van der Waals surface area contributed by atoms with Crippen LogP contribution in [-0.4, -0.2) is 74.3 Å². The van der Waals surface area contributed by atoms with Crippen LogP contribution in [-0.2, 0) is 4.74 Å². The van der Waals surface area contributed by atoms with Crippen LogP contribution in [0.2, 0.25) is 0 Å². The first-order valence-corrected chi connectivity index (χ1v) is 9.46. The van der Waals surface area contributed by atoms with Gasteiger partial charge in [0.1, 0.15) is 0 Å². The summed E-state index contributed by atoms with van der Waals surface area (Å²) in [6.45, 7) is 17.0. The molecule has 2 saturated heterocycles. The zero-order chi connectivity index (χ0) is 16.7. The summed E-state index contributed by atoms with van der Waals surface area (Å²) in [6.07, 6.45) is 2.63. The minimum atomic E-state index is 0.509. The Hall–Kier alpha value is -0.810. The van der Waals surface area contributed by atoms with Crippen molar-refractivity contribution < 1.29 is 4.74 Å². The van der Waals surface area contributed by atoms with E-state index in [9.17, 15) is 0 Å². The molecule has 5 heteroatoms.